The van der Waals surface area contributed by atoms with Gasteiger partial charge in [-0.3, -0.25) is 9.59 Å². The summed E-state index contributed by atoms with van der Waals surface area (Å²) >= 11 is 0. The molecule has 0 aliphatic heterocycles. The van der Waals surface area contributed by atoms with Gasteiger partial charge in [0.15, 0.2) is 0 Å². The summed E-state index contributed by atoms with van der Waals surface area (Å²) in [6.07, 6.45) is 4.62. The van der Waals surface area contributed by atoms with Crippen molar-refractivity contribution in [2.24, 2.45) is 0 Å². The van der Waals surface area contributed by atoms with E-state index in [-0.39, 0.29) is 11.8 Å². The van der Waals surface area contributed by atoms with Crippen LogP contribution in [0.15, 0.2) is 54.6 Å². The normalized spacial score (nSPS) is 10.6. The summed E-state index contributed by atoms with van der Waals surface area (Å²) in [7, 11) is 3.75. The van der Waals surface area contributed by atoms with Crippen LogP contribution in [0.25, 0.3) is 0 Å². The lowest BCUT2D eigenvalue weighted by molar-refractivity contribution is -0.130. The molecule has 0 aromatic heterocycles. The molecule has 0 bridgehead atoms. The van der Waals surface area contributed by atoms with E-state index in [0.29, 0.717) is 12.8 Å². The van der Waals surface area contributed by atoms with E-state index in [1.54, 1.807) is 4.90 Å². The maximum absolute atomic E-state index is 12.4. The number of carbonyl (C=O) groups is 2. The standard InChI is InChI=1S/C25H34N2O2/c1-4-24(28)26(2)19-17-23-13-8-12-22(20-23)14-9-15-25(29)27(3)18-16-21-10-6-5-7-11-21/h5-8,10-13,20H,4,9,14-19H2,1-3H3. The van der Waals surface area contributed by atoms with Crippen molar-refractivity contribution in [2.45, 2.75) is 45.4 Å². The molecule has 156 valence electrons. The van der Waals surface area contributed by atoms with E-state index in [1.807, 2.05) is 44.1 Å². The van der Waals surface area contributed by atoms with Crippen molar-refractivity contribution >= 4 is 11.8 Å². The quantitative estimate of drug-likeness (QED) is 0.575. The van der Waals surface area contributed by atoms with E-state index in [2.05, 4.69) is 36.4 Å². The van der Waals surface area contributed by atoms with Crippen molar-refractivity contribution in [3.8, 4) is 0 Å². The Hall–Kier alpha value is -2.62. The van der Waals surface area contributed by atoms with E-state index in [9.17, 15) is 9.59 Å². The molecule has 0 aliphatic carbocycles. The molecule has 0 radical (unpaired) electrons. The van der Waals surface area contributed by atoms with Gasteiger partial charge in [-0.15, -0.1) is 0 Å². The molecule has 0 N–H and O–H groups in total. The average Bonchev–Trinajstić information content (AvgIpc) is 2.76. The number of amides is 2. The second-order valence-corrected chi connectivity index (χ2v) is 7.64. The summed E-state index contributed by atoms with van der Waals surface area (Å²) in [5.74, 6) is 0.382. The predicted molar refractivity (Wildman–Crippen MR) is 119 cm³/mol. The first-order valence-electron chi connectivity index (χ1n) is 10.6. The molecule has 4 heteroatoms. The van der Waals surface area contributed by atoms with Gasteiger partial charge in [0.25, 0.3) is 0 Å². The Kier molecular flexibility index (Phi) is 9.42. The van der Waals surface area contributed by atoms with Crippen LogP contribution in [0, 0.1) is 0 Å². The Labute approximate surface area is 175 Å². The second kappa shape index (κ2) is 12.1. The number of rotatable bonds is 11. The van der Waals surface area contributed by atoms with E-state index in [0.717, 1.165) is 38.8 Å². The third kappa shape index (κ3) is 8.10. The van der Waals surface area contributed by atoms with Crippen molar-refractivity contribution < 1.29 is 9.59 Å². The zero-order valence-corrected chi connectivity index (χ0v) is 18.1. The zero-order valence-electron chi connectivity index (χ0n) is 18.1. The van der Waals surface area contributed by atoms with Gasteiger partial charge in [0.05, 0.1) is 0 Å². The number of hydrogen-bond acceptors (Lipinski definition) is 2. The molecule has 0 atom stereocenters. The lowest BCUT2D eigenvalue weighted by atomic mass is 10.0. The van der Waals surface area contributed by atoms with Gasteiger partial charge in [0.1, 0.15) is 0 Å². The summed E-state index contributed by atoms with van der Waals surface area (Å²) in [6.45, 7) is 3.38. The van der Waals surface area contributed by atoms with E-state index in [1.165, 1.54) is 16.7 Å². The molecule has 2 aromatic carbocycles. The molecule has 2 aromatic rings. The minimum absolute atomic E-state index is 0.177. The number of hydrogen-bond donors (Lipinski definition) is 0. The van der Waals surface area contributed by atoms with Crippen LogP contribution >= 0.6 is 0 Å². The molecule has 4 nitrogen and oxygen atoms in total. The molecule has 2 amide bonds. The number of likely N-dealkylation sites (N-methyl/N-ethyl adjacent to an activating group) is 2. The fourth-order valence-electron chi connectivity index (χ4n) is 3.33. The summed E-state index contributed by atoms with van der Waals surface area (Å²) in [4.78, 5) is 27.7. The number of benzene rings is 2. The van der Waals surface area contributed by atoms with Crippen molar-refractivity contribution in [1.29, 1.82) is 0 Å². The molecule has 0 saturated carbocycles. The lowest BCUT2D eigenvalue weighted by Gasteiger charge is -2.17. The molecule has 0 spiro atoms. The Morgan fingerprint density at radius 2 is 1.28 bits per heavy atom. The van der Waals surface area contributed by atoms with E-state index >= 15 is 0 Å². The van der Waals surface area contributed by atoms with Gasteiger partial charge < -0.3 is 9.80 Å². The van der Waals surface area contributed by atoms with Gasteiger partial charge in [-0.1, -0.05) is 61.5 Å². The third-order valence-electron chi connectivity index (χ3n) is 5.32. The molecule has 0 aliphatic rings. The average molecular weight is 395 g/mol. The number of carbonyl (C=O) groups excluding carboxylic acids is 2. The highest BCUT2D eigenvalue weighted by molar-refractivity contribution is 5.76. The highest BCUT2D eigenvalue weighted by atomic mass is 16.2. The van der Waals surface area contributed by atoms with Crippen LogP contribution < -0.4 is 0 Å². The predicted octanol–water partition coefficient (Wildman–Crippen LogP) is 4.12. The van der Waals surface area contributed by atoms with Crippen molar-refractivity contribution in [1.82, 2.24) is 9.80 Å². The van der Waals surface area contributed by atoms with Crippen LogP contribution in [0.1, 0.15) is 42.9 Å². The molecule has 0 fully saturated rings. The summed E-state index contributed by atoms with van der Waals surface area (Å²) < 4.78 is 0. The van der Waals surface area contributed by atoms with Crippen LogP contribution in [0.3, 0.4) is 0 Å². The van der Waals surface area contributed by atoms with Crippen LogP contribution in [-0.2, 0) is 28.9 Å². The lowest BCUT2D eigenvalue weighted by Crippen LogP contribution is -2.28. The van der Waals surface area contributed by atoms with Gasteiger partial charge in [-0.05, 0) is 42.4 Å². The molecule has 29 heavy (non-hydrogen) atoms. The topological polar surface area (TPSA) is 40.6 Å². The highest BCUT2D eigenvalue weighted by Crippen LogP contribution is 2.11. The Morgan fingerprint density at radius 3 is 1.93 bits per heavy atom. The number of nitrogens with zero attached hydrogens (tertiary/aromatic N) is 2. The third-order valence-corrected chi connectivity index (χ3v) is 5.32. The molecule has 2 rings (SSSR count). The van der Waals surface area contributed by atoms with Gasteiger partial charge in [0, 0.05) is 40.0 Å². The molecule has 0 saturated heterocycles. The Balaban J connectivity index is 1.72. The maximum Gasteiger partial charge on any atom is 0.222 e. The SMILES string of the molecule is CCC(=O)N(C)CCc1cccc(CCCC(=O)N(C)CCc2ccccc2)c1. The summed E-state index contributed by atoms with van der Waals surface area (Å²) in [5, 5.41) is 0. The number of aryl methyl sites for hydroxylation is 1. The van der Waals surface area contributed by atoms with Gasteiger partial charge in [-0.25, -0.2) is 0 Å². The highest BCUT2D eigenvalue weighted by Gasteiger charge is 2.09. The van der Waals surface area contributed by atoms with Crippen molar-refractivity contribution in [3.05, 3.63) is 71.3 Å². The van der Waals surface area contributed by atoms with Crippen LogP contribution in [0.4, 0.5) is 0 Å². The van der Waals surface area contributed by atoms with Crippen LogP contribution in [0.5, 0.6) is 0 Å². The zero-order chi connectivity index (χ0) is 21.1. The van der Waals surface area contributed by atoms with E-state index in [4.69, 9.17) is 0 Å². The Bertz CT molecular complexity index is 773. The van der Waals surface area contributed by atoms with Crippen molar-refractivity contribution in [2.75, 3.05) is 27.2 Å². The second-order valence-electron chi connectivity index (χ2n) is 7.64. The van der Waals surface area contributed by atoms with E-state index < -0.39 is 0 Å². The first-order chi connectivity index (χ1) is 14.0. The van der Waals surface area contributed by atoms with Gasteiger partial charge >= 0.3 is 0 Å². The first-order valence-corrected chi connectivity index (χ1v) is 10.6. The van der Waals surface area contributed by atoms with Crippen LogP contribution in [-0.4, -0.2) is 48.8 Å². The fourth-order valence-corrected chi connectivity index (χ4v) is 3.33. The first kappa shape index (κ1) is 22.7. The summed E-state index contributed by atoms with van der Waals surface area (Å²) in [6, 6.07) is 18.8. The minimum atomic E-state index is 0.177. The molecular formula is C25H34N2O2. The van der Waals surface area contributed by atoms with Crippen LogP contribution in [0.2, 0.25) is 0 Å². The summed E-state index contributed by atoms with van der Waals surface area (Å²) in [5.41, 5.74) is 3.76. The minimum Gasteiger partial charge on any atom is -0.345 e. The fraction of sp³-hybridized carbons (Fsp3) is 0.440. The monoisotopic (exact) mass is 394 g/mol. The van der Waals surface area contributed by atoms with Gasteiger partial charge in [-0.2, -0.15) is 0 Å². The van der Waals surface area contributed by atoms with Gasteiger partial charge in [0.2, 0.25) is 11.8 Å². The Morgan fingerprint density at radius 1 is 0.724 bits per heavy atom. The molecule has 0 heterocycles. The maximum atomic E-state index is 12.4. The smallest absolute Gasteiger partial charge is 0.222 e. The molecule has 0 unspecified atom stereocenters. The largest absolute Gasteiger partial charge is 0.345 e. The van der Waals surface area contributed by atoms with Crippen molar-refractivity contribution in [3.63, 3.8) is 0 Å². The molecular weight excluding hydrogens is 360 g/mol.